The summed E-state index contributed by atoms with van der Waals surface area (Å²) in [6, 6.07) is 0.771. The van der Waals surface area contributed by atoms with Crippen LogP contribution >= 0.6 is 0 Å². The first-order valence-corrected chi connectivity index (χ1v) is 14.9. The molecule has 2 saturated heterocycles. The fraction of sp³-hybridized carbons (Fsp3) is 0.931. The van der Waals surface area contributed by atoms with E-state index in [0.717, 1.165) is 36.9 Å². The average molecular weight is 457 g/mol. The molecule has 33 heavy (non-hydrogen) atoms. The van der Waals surface area contributed by atoms with Gasteiger partial charge in [-0.05, 0) is 50.4 Å². The number of fused-ring (bicyclic) bond motifs is 2. The zero-order valence-corrected chi connectivity index (χ0v) is 21.9. The first-order chi connectivity index (χ1) is 16.3. The monoisotopic (exact) mass is 456 g/mol. The average Bonchev–Trinajstić information content (AvgIpc) is 3.05. The van der Waals surface area contributed by atoms with Crippen molar-refractivity contribution < 1.29 is 0 Å². The Morgan fingerprint density at radius 2 is 1.64 bits per heavy atom. The van der Waals surface area contributed by atoms with Crippen LogP contribution in [0.2, 0.25) is 0 Å². The van der Waals surface area contributed by atoms with Gasteiger partial charge in [0.1, 0.15) is 5.84 Å². The van der Waals surface area contributed by atoms with Crippen molar-refractivity contribution in [2.45, 2.75) is 123 Å². The molecule has 0 aliphatic carbocycles. The molecule has 4 aliphatic rings. The van der Waals surface area contributed by atoms with Gasteiger partial charge in [0.2, 0.25) is 0 Å². The van der Waals surface area contributed by atoms with Crippen molar-refractivity contribution in [2.75, 3.05) is 32.7 Å². The molecular weight excluding hydrogens is 404 g/mol. The third-order valence-corrected chi connectivity index (χ3v) is 8.85. The molecule has 4 aliphatic heterocycles. The molecule has 4 rings (SSSR count). The summed E-state index contributed by atoms with van der Waals surface area (Å²) >= 11 is 0. The second-order valence-electron chi connectivity index (χ2n) is 11.7. The molecule has 4 nitrogen and oxygen atoms in total. The molecule has 4 heteroatoms. The van der Waals surface area contributed by atoms with Crippen molar-refractivity contribution in [3.05, 3.63) is 0 Å². The minimum Gasteiger partial charge on any atom is -0.360 e. The highest BCUT2D eigenvalue weighted by Gasteiger charge is 2.34. The van der Waals surface area contributed by atoms with Gasteiger partial charge >= 0.3 is 0 Å². The molecule has 0 bridgehead atoms. The Morgan fingerprint density at radius 1 is 0.818 bits per heavy atom. The van der Waals surface area contributed by atoms with Gasteiger partial charge in [-0.2, -0.15) is 0 Å². The summed E-state index contributed by atoms with van der Waals surface area (Å²) < 4.78 is 0. The topological polar surface area (TPSA) is 31.2 Å². The molecule has 0 N–H and O–H groups in total. The maximum absolute atomic E-state index is 5.15. The van der Waals surface area contributed by atoms with Crippen molar-refractivity contribution >= 4 is 11.7 Å². The SMILES string of the molecule is CCCCCCCCC1C(CCCCC2CCN3CC(C)CN=C23)CN=C2CCCCCN21. The fourth-order valence-electron chi connectivity index (χ4n) is 6.93. The van der Waals surface area contributed by atoms with Crippen LogP contribution in [0.5, 0.6) is 0 Å². The van der Waals surface area contributed by atoms with Gasteiger partial charge < -0.3 is 9.80 Å². The Labute approximate surface area is 204 Å². The lowest BCUT2D eigenvalue weighted by Gasteiger charge is -2.42. The van der Waals surface area contributed by atoms with Gasteiger partial charge in [-0.1, -0.05) is 71.6 Å². The normalized spacial score (nSPS) is 29.9. The largest absolute Gasteiger partial charge is 0.360 e. The van der Waals surface area contributed by atoms with Crippen LogP contribution in [0.4, 0.5) is 0 Å². The number of hydrogen-bond donors (Lipinski definition) is 0. The van der Waals surface area contributed by atoms with Crippen LogP contribution in [0.3, 0.4) is 0 Å². The quantitative estimate of drug-likeness (QED) is 0.298. The first-order valence-electron chi connectivity index (χ1n) is 14.9. The third-order valence-electron chi connectivity index (χ3n) is 8.85. The van der Waals surface area contributed by atoms with E-state index in [1.165, 1.54) is 134 Å². The van der Waals surface area contributed by atoms with Crippen molar-refractivity contribution in [3.8, 4) is 0 Å². The summed E-state index contributed by atoms with van der Waals surface area (Å²) in [4.78, 5) is 15.5. The van der Waals surface area contributed by atoms with Crippen molar-refractivity contribution in [2.24, 2.45) is 27.7 Å². The lowest BCUT2D eigenvalue weighted by molar-refractivity contribution is 0.183. The molecule has 188 valence electrons. The van der Waals surface area contributed by atoms with Gasteiger partial charge in [0.05, 0.1) is 5.84 Å². The fourth-order valence-corrected chi connectivity index (χ4v) is 6.93. The molecular formula is C29H52N4. The van der Waals surface area contributed by atoms with E-state index in [-0.39, 0.29) is 0 Å². The highest BCUT2D eigenvalue weighted by atomic mass is 15.2. The lowest BCUT2D eigenvalue weighted by Crippen LogP contribution is -2.48. The van der Waals surface area contributed by atoms with Crippen LogP contribution in [-0.4, -0.2) is 60.2 Å². The van der Waals surface area contributed by atoms with E-state index in [9.17, 15) is 0 Å². The van der Waals surface area contributed by atoms with Crippen molar-refractivity contribution in [1.29, 1.82) is 0 Å². The van der Waals surface area contributed by atoms with E-state index in [4.69, 9.17) is 9.98 Å². The van der Waals surface area contributed by atoms with Crippen molar-refractivity contribution in [1.82, 2.24) is 9.80 Å². The van der Waals surface area contributed by atoms with Gasteiger partial charge in [-0.3, -0.25) is 9.98 Å². The zero-order chi connectivity index (χ0) is 22.9. The summed E-state index contributed by atoms with van der Waals surface area (Å²) in [5.41, 5.74) is 0. The van der Waals surface area contributed by atoms with Crippen LogP contribution < -0.4 is 0 Å². The standard InChI is InChI=1S/C29H52N4/c1-3-4-5-6-7-9-16-27-26(22-30-28-17-10-8-13-19-33(27)28)15-12-11-14-25-18-20-32-23-24(2)21-31-29(25)32/h24-27H,3-23H2,1-2H3. The van der Waals surface area contributed by atoms with E-state index < -0.39 is 0 Å². The predicted molar refractivity (Wildman–Crippen MR) is 142 cm³/mol. The number of amidine groups is 2. The Morgan fingerprint density at radius 3 is 2.55 bits per heavy atom. The summed E-state index contributed by atoms with van der Waals surface area (Å²) in [5, 5.41) is 0. The molecule has 4 heterocycles. The Hall–Kier alpha value is -1.06. The van der Waals surface area contributed by atoms with Gasteiger partial charge in [0.15, 0.2) is 0 Å². The Kier molecular flexibility index (Phi) is 9.97. The minimum atomic E-state index is 0.742. The molecule has 4 unspecified atom stereocenters. The molecule has 0 spiro atoms. The second kappa shape index (κ2) is 13.1. The molecule has 0 aromatic heterocycles. The van der Waals surface area contributed by atoms with Crippen LogP contribution in [0.25, 0.3) is 0 Å². The predicted octanol–water partition coefficient (Wildman–Crippen LogP) is 6.94. The highest BCUT2D eigenvalue weighted by molar-refractivity contribution is 5.87. The molecule has 2 fully saturated rings. The number of aliphatic imine (C=N–C) groups is 2. The van der Waals surface area contributed by atoms with E-state index in [0.29, 0.717) is 0 Å². The van der Waals surface area contributed by atoms with E-state index in [2.05, 4.69) is 23.6 Å². The Bertz CT molecular complexity index is 642. The Balaban J connectivity index is 1.25. The number of unbranched alkanes of at least 4 members (excludes halogenated alkanes) is 6. The third kappa shape index (κ3) is 6.98. The smallest absolute Gasteiger partial charge is 0.102 e. The van der Waals surface area contributed by atoms with Crippen molar-refractivity contribution in [3.63, 3.8) is 0 Å². The second-order valence-corrected chi connectivity index (χ2v) is 11.7. The van der Waals surface area contributed by atoms with E-state index >= 15 is 0 Å². The first kappa shape index (κ1) is 25.0. The maximum Gasteiger partial charge on any atom is 0.102 e. The van der Waals surface area contributed by atoms with Crippen LogP contribution in [0.1, 0.15) is 117 Å². The van der Waals surface area contributed by atoms with E-state index in [1.54, 1.807) is 0 Å². The molecule has 0 saturated carbocycles. The van der Waals surface area contributed by atoms with Gasteiger partial charge in [-0.15, -0.1) is 0 Å². The van der Waals surface area contributed by atoms with Gasteiger partial charge in [0, 0.05) is 51.1 Å². The molecule has 0 radical (unpaired) electrons. The summed E-state index contributed by atoms with van der Waals surface area (Å²) in [5.74, 6) is 5.21. The molecule has 0 amide bonds. The van der Waals surface area contributed by atoms with Gasteiger partial charge in [0.25, 0.3) is 0 Å². The van der Waals surface area contributed by atoms with Crippen LogP contribution in [0, 0.1) is 17.8 Å². The number of nitrogens with zero attached hydrogens (tertiary/aromatic N) is 4. The molecule has 0 aromatic carbocycles. The minimum absolute atomic E-state index is 0.742. The van der Waals surface area contributed by atoms with Crippen LogP contribution in [0.15, 0.2) is 9.98 Å². The van der Waals surface area contributed by atoms with Crippen LogP contribution in [-0.2, 0) is 0 Å². The highest BCUT2D eigenvalue weighted by Crippen LogP contribution is 2.32. The summed E-state index contributed by atoms with van der Waals surface area (Å²) in [7, 11) is 0. The van der Waals surface area contributed by atoms with E-state index in [1.807, 2.05) is 0 Å². The maximum atomic E-state index is 5.15. The summed E-state index contributed by atoms with van der Waals surface area (Å²) in [6.45, 7) is 10.6. The molecule has 0 aromatic rings. The lowest BCUT2D eigenvalue weighted by atomic mass is 9.86. The number of hydrogen-bond acceptors (Lipinski definition) is 4. The summed E-state index contributed by atoms with van der Waals surface area (Å²) in [6.07, 6.45) is 22.1. The molecule has 4 atom stereocenters. The van der Waals surface area contributed by atoms with Gasteiger partial charge in [-0.25, -0.2) is 0 Å². The number of rotatable bonds is 12. The zero-order valence-electron chi connectivity index (χ0n) is 21.9.